The molecular formula is C11H5N3O. The van der Waals surface area contributed by atoms with Crippen molar-refractivity contribution in [2.24, 2.45) is 0 Å². The number of pyridine rings is 1. The maximum Gasteiger partial charge on any atom is 0.243 e. The quantitative estimate of drug-likeness (QED) is 0.551. The first kappa shape index (κ1) is 7.94. The molecule has 0 spiro atoms. The zero-order valence-corrected chi connectivity index (χ0v) is 7.64. The van der Waals surface area contributed by atoms with Crippen LogP contribution in [0.1, 0.15) is 5.76 Å². The summed E-state index contributed by atoms with van der Waals surface area (Å²) in [6.07, 6.45) is 1.72. The van der Waals surface area contributed by atoms with E-state index in [9.17, 15) is 0 Å². The van der Waals surface area contributed by atoms with Crippen LogP contribution in [0.2, 0.25) is 0 Å². The monoisotopic (exact) mass is 195 g/mol. The maximum atomic E-state index is 8.80. The fourth-order valence-electron chi connectivity index (χ4n) is 1.64. The van der Waals surface area contributed by atoms with E-state index >= 15 is 0 Å². The lowest BCUT2D eigenvalue weighted by molar-refractivity contribution is 0.419. The molecule has 2 heterocycles. The van der Waals surface area contributed by atoms with Crippen molar-refractivity contribution in [2.75, 3.05) is 0 Å². The van der Waals surface area contributed by atoms with Gasteiger partial charge in [0.1, 0.15) is 11.6 Å². The molecule has 0 fully saturated rings. The van der Waals surface area contributed by atoms with E-state index in [1.165, 1.54) is 0 Å². The fraction of sp³-hybridized carbons (Fsp3) is 0. The van der Waals surface area contributed by atoms with Crippen LogP contribution in [0.25, 0.3) is 21.8 Å². The van der Waals surface area contributed by atoms with Gasteiger partial charge in [-0.15, -0.1) is 0 Å². The molecule has 0 aliphatic heterocycles. The lowest BCUT2D eigenvalue weighted by Crippen LogP contribution is -1.78. The fourth-order valence-corrected chi connectivity index (χ4v) is 1.64. The highest BCUT2D eigenvalue weighted by atomic mass is 16.5. The van der Waals surface area contributed by atoms with Gasteiger partial charge in [-0.3, -0.25) is 4.98 Å². The summed E-state index contributed by atoms with van der Waals surface area (Å²) in [7, 11) is 0. The molecule has 3 aromatic rings. The zero-order valence-electron chi connectivity index (χ0n) is 7.64. The van der Waals surface area contributed by atoms with Crippen LogP contribution in [0.3, 0.4) is 0 Å². The number of rotatable bonds is 0. The van der Waals surface area contributed by atoms with Crippen LogP contribution in [0, 0.1) is 11.3 Å². The molecule has 0 unspecified atom stereocenters. The minimum atomic E-state index is 0.246. The molecule has 15 heavy (non-hydrogen) atoms. The van der Waals surface area contributed by atoms with Crippen molar-refractivity contribution in [3.63, 3.8) is 0 Å². The Labute approximate surface area is 84.7 Å². The summed E-state index contributed by atoms with van der Waals surface area (Å²) in [5, 5.41) is 14.3. The zero-order chi connectivity index (χ0) is 10.3. The highest BCUT2D eigenvalue weighted by Gasteiger charge is 2.10. The maximum absolute atomic E-state index is 8.80. The highest BCUT2D eigenvalue weighted by molar-refractivity contribution is 6.04. The van der Waals surface area contributed by atoms with Crippen LogP contribution < -0.4 is 0 Å². The third kappa shape index (κ3) is 1.00. The van der Waals surface area contributed by atoms with Gasteiger partial charge in [0, 0.05) is 11.6 Å². The molecule has 0 bridgehead atoms. The number of benzene rings is 1. The first-order valence-electron chi connectivity index (χ1n) is 4.43. The molecule has 70 valence electrons. The second kappa shape index (κ2) is 2.79. The summed E-state index contributed by atoms with van der Waals surface area (Å²) < 4.78 is 4.93. The van der Waals surface area contributed by atoms with Crippen LogP contribution in [-0.2, 0) is 0 Å². The Balaban J connectivity index is 2.57. The Hall–Kier alpha value is -2.41. The van der Waals surface area contributed by atoms with Crippen molar-refractivity contribution < 1.29 is 4.52 Å². The number of hydrogen-bond acceptors (Lipinski definition) is 4. The Morgan fingerprint density at radius 2 is 2.13 bits per heavy atom. The van der Waals surface area contributed by atoms with Crippen LogP contribution in [0.4, 0.5) is 0 Å². The Morgan fingerprint density at radius 3 is 3.00 bits per heavy atom. The molecule has 4 heteroatoms. The molecule has 0 amide bonds. The average molecular weight is 195 g/mol. The SMILES string of the molecule is N#Cc1onc2c1ccc1ncccc12. The normalized spacial score (nSPS) is 10.6. The van der Waals surface area contributed by atoms with E-state index in [1.807, 2.05) is 24.3 Å². The molecule has 0 radical (unpaired) electrons. The van der Waals surface area contributed by atoms with Crippen molar-refractivity contribution >= 4 is 21.8 Å². The van der Waals surface area contributed by atoms with Crippen molar-refractivity contribution in [3.05, 3.63) is 36.2 Å². The van der Waals surface area contributed by atoms with Gasteiger partial charge in [-0.2, -0.15) is 5.26 Å². The molecule has 0 saturated carbocycles. The number of aromatic nitrogens is 2. The first-order valence-corrected chi connectivity index (χ1v) is 4.43. The number of hydrogen-bond donors (Lipinski definition) is 0. The van der Waals surface area contributed by atoms with Crippen LogP contribution >= 0.6 is 0 Å². The molecule has 0 aliphatic rings. The van der Waals surface area contributed by atoms with Gasteiger partial charge in [0.05, 0.1) is 10.9 Å². The number of nitriles is 1. The van der Waals surface area contributed by atoms with Gasteiger partial charge in [-0.05, 0) is 24.3 Å². The van der Waals surface area contributed by atoms with Crippen LogP contribution in [-0.4, -0.2) is 10.1 Å². The predicted octanol–water partition coefficient (Wildman–Crippen LogP) is 2.25. The van der Waals surface area contributed by atoms with Crippen molar-refractivity contribution in [3.8, 4) is 6.07 Å². The Kier molecular flexibility index (Phi) is 1.48. The summed E-state index contributed by atoms with van der Waals surface area (Å²) in [5.41, 5.74) is 1.54. The Morgan fingerprint density at radius 1 is 1.20 bits per heavy atom. The predicted molar refractivity (Wildman–Crippen MR) is 54.0 cm³/mol. The smallest absolute Gasteiger partial charge is 0.243 e. The number of fused-ring (bicyclic) bond motifs is 3. The lowest BCUT2D eigenvalue weighted by Gasteiger charge is -1.94. The first-order chi connectivity index (χ1) is 7.40. The highest BCUT2D eigenvalue weighted by Crippen LogP contribution is 2.24. The van der Waals surface area contributed by atoms with E-state index in [4.69, 9.17) is 9.78 Å². The van der Waals surface area contributed by atoms with Gasteiger partial charge < -0.3 is 4.52 Å². The van der Waals surface area contributed by atoms with Gasteiger partial charge in [0.2, 0.25) is 5.76 Å². The molecule has 4 nitrogen and oxygen atoms in total. The van der Waals surface area contributed by atoms with E-state index in [0.717, 1.165) is 16.3 Å². The summed E-state index contributed by atoms with van der Waals surface area (Å²) in [4.78, 5) is 4.20. The largest absolute Gasteiger partial charge is 0.344 e. The summed E-state index contributed by atoms with van der Waals surface area (Å²) in [6, 6.07) is 9.37. The van der Waals surface area contributed by atoms with E-state index in [1.54, 1.807) is 12.3 Å². The molecule has 0 aliphatic carbocycles. The van der Waals surface area contributed by atoms with Crippen LogP contribution in [0.15, 0.2) is 35.0 Å². The molecule has 3 rings (SSSR count). The molecule has 0 atom stereocenters. The molecule has 1 aromatic carbocycles. The molecule has 0 N–H and O–H groups in total. The van der Waals surface area contributed by atoms with Gasteiger partial charge in [-0.25, -0.2) is 0 Å². The number of nitrogens with zero attached hydrogens (tertiary/aromatic N) is 3. The molecular weight excluding hydrogens is 190 g/mol. The van der Waals surface area contributed by atoms with E-state index in [2.05, 4.69) is 10.1 Å². The lowest BCUT2D eigenvalue weighted by atomic mass is 10.1. The summed E-state index contributed by atoms with van der Waals surface area (Å²) in [5.74, 6) is 0.246. The van der Waals surface area contributed by atoms with Gasteiger partial charge in [0.25, 0.3) is 0 Å². The third-order valence-corrected chi connectivity index (χ3v) is 2.33. The second-order valence-corrected chi connectivity index (χ2v) is 3.16. The van der Waals surface area contributed by atoms with Gasteiger partial charge in [0.15, 0.2) is 0 Å². The van der Waals surface area contributed by atoms with Gasteiger partial charge >= 0.3 is 0 Å². The van der Waals surface area contributed by atoms with Crippen LogP contribution in [0.5, 0.6) is 0 Å². The van der Waals surface area contributed by atoms with Crippen molar-refractivity contribution in [1.82, 2.24) is 10.1 Å². The van der Waals surface area contributed by atoms with E-state index < -0.39 is 0 Å². The van der Waals surface area contributed by atoms with Crippen molar-refractivity contribution in [2.45, 2.75) is 0 Å². The topological polar surface area (TPSA) is 62.7 Å². The average Bonchev–Trinajstić information content (AvgIpc) is 2.72. The van der Waals surface area contributed by atoms with E-state index in [-0.39, 0.29) is 5.76 Å². The van der Waals surface area contributed by atoms with E-state index in [0.29, 0.717) is 5.52 Å². The Bertz CT molecular complexity index is 694. The minimum Gasteiger partial charge on any atom is -0.344 e. The molecule has 0 saturated heterocycles. The molecule has 2 aromatic heterocycles. The standard InChI is InChI=1S/C11H5N3O/c12-6-10-8-3-4-9-7(2-1-5-13-9)11(8)14-15-10/h1-5H. The van der Waals surface area contributed by atoms with Gasteiger partial charge in [-0.1, -0.05) is 5.16 Å². The second-order valence-electron chi connectivity index (χ2n) is 3.16. The minimum absolute atomic E-state index is 0.246. The third-order valence-electron chi connectivity index (χ3n) is 2.33. The summed E-state index contributed by atoms with van der Waals surface area (Å²) >= 11 is 0. The summed E-state index contributed by atoms with van der Waals surface area (Å²) in [6.45, 7) is 0. The van der Waals surface area contributed by atoms with Crippen molar-refractivity contribution in [1.29, 1.82) is 5.26 Å².